The Balaban J connectivity index is 2.14. The van der Waals surface area contributed by atoms with Crippen LogP contribution in [0.15, 0.2) is 29.1 Å². The number of nitrogens with zero attached hydrogens (tertiary/aromatic N) is 1. The minimum Gasteiger partial charge on any atom is -0.430 e. The molecule has 144 valence electrons. The van der Waals surface area contributed by atoms with Gasteiger partial charge in [-0.15, -0.1) is 11.6 Å². The van der Waals surface area contributed by atoms with E-state index in [1.807, 2.05) is 0 Å². The maximum Gasteiger partial charge on any atom is 0.328 e. The molecule has 0 saturated carbocycles. The summed E-state index contributed by atoms with van der Waals surface area (Å²) in [5.74, 6) is -0.755. The van der Waals surface area contributed by atoms with Gasteiger partial charge in [0.25, 0.3) is 10.1 Å². The van der Waals surface area contributed by atoms with Crippen molar-refractivity contribution < 1.29 is 19.0 Å². The van der Waals surface area contributed by atoms with E-state index in [2.05, 4.69) is 0 Å². The summed E-state index contributed by atoms with van der Waals surface area (Å²) in [5, 5.41) is 0. The molecule has 11 heteroatoms. The zero-order chi connectivity index (χ0) is 19.3. The van der Waals surface area contributed by atoms with Gasteiger partial charge in [0.05, 0.1) is 28.8 Å². The van der Waals surface area contributed by atoms with Gasteiger partial charge in [0.15, 0.2) is 0 Å². The lowest BCUT2D eigenvalue weighted by molar-refractivity contribution is -0.191. The van der Waals surface area contributed by atoms with Crippen molar-refractivity contribution in [2.75, 3.05) is 19.6 Å². The zero-order valence-electron chi connectivity index (χ0n) is 13.5. The molecular weight excluding hydrogens is 448 g/mol. The number of esters is 1. The van der Waals surface area contributed by atoms with Crippen LogP contribution >= 0.6 is 57.7 Å². The Morgan fingerprint density at radius 1 is 1.31 bits per heavy atom. The number of para-hydroxylation sites is 1. The predicted molar refractivity (Wildman–Crippen MR) is 104 cm³/mol. The highest BCUT2D eigenvalue weighted by Gasteiger charge is 2.39. The number of hydrogen-bond acceptors (Lipinski definition) is 6. The molecule has 2 aromatic rings. The molecule has 0 saturated heterocycles. The maximum absolute atomic E-state index is 12.3. The van der Waals surface area contributed by atoms with Gasteiger partial charge in [0.1, 0.15) is 6.54 Å². The van der Waals surface area contributed by atoms with Crippen molar-refractivity contribution >= 4 is 73.9 Å². The molecule has 0 aliphatic heterocycles. The predicted octanol–water partition coefficient (Wildman–Crippen LogP) is 3.57. The van der Waals surface area contributed by atoms with E-state index in [4.69, 9.17) is 60.6 Å². The van der Waals surface area contributed by atoms with Crippen LogP contribution in [0.1, 0.15) is 0 Å². The lowest BCUT2D eigenvalue weighted by Gasteiger charge is -2.27. The third kappa shape index (κ3) is 5.73. The highest BCUT2D eigenvalue weighted by Crippen LogP contribution is 2.34. The number of hydrogen-bond donors (Lipinski definition) is 0. The van der Waals surface area contributed by atoms with Crippen molar-refractivity contribution in [2.24, 2.45) is 0 Å². The topological polar surface area (TPSA) is 66.8 Å². The maximum atomic E-state index is 12.3. The molecule has 0 fully saturated rings. The summed E-state index contributed by atoms with van der Waals surface area (Å²) in [6.45, 7) is -0.230. The third-order valence-electron chi connectivity index (χ3n) is 3.21. The molecular formula is C15H15Cl4NO5S. The van der Waals surface area contributed by atoms with Crippen molar-refractivity contribution in [1.82, 2.24) is 4.57 Å². The molecule has 0 radical (unpaired) electrons. The number of thiazole rings is 1. The van der Waals surface area contributed by atoms with Crippen molar-refractivity contribution in [1.29, 1.82) is 0 Å². The number of carbonyl (C=O) groups is 1. The molecule has 0 aliphatic rings. The summed E-state index contributed by atoms with van der Waals surface area (Å²) in [6.07, 6.45) is -2.17. The molecule has 0 amide bonds. The summed E-state index contributed by atoms with van der Waals surface area (Å²) in [7, 11) is 1.45. The second kappa shape index (κ2) is 9.59. The fourth-order valence-corrected chi connectivity index (χ4v) is 3.44. The van der Waals surface area contributed by atoms with Crippen LogP contribution < -0.4 is 4.87 Å². The van der Waals surface area contributed by atoms with E-state index in [0.717, 1.165) is 16.0 Å². The van der Waals surface area contributed by atoms with Crippen LogP contribution in [0.5, 0.6) is 0 Å². The zero-order valence-corrected chi connectivity index (χ0v) is 17.3. The number of ether oxygens (including phenoxy) is 3. The van der Waals surface area contributed by atoms with E-state index in [9.17, 15) is 9.59 Å². The minimum absolute atomic E-state index is 0.0390. The van der Waals surface area contributed by atoms with Gasteiger partial charge in [-0.05, 0) is 12.1 Å². The van der Waals surface area contributed by atoms with E-state index < -0.39 is 22.2 Å². The molecule has 1 aromatic carbocycles. The minimum atomic E-state index is -2.05. The average molecular weight is 463 g/mol. The van der Waals surface area contributed by atoms with Crippen LogP contribution in [0.25, 0.3) is 10.2 Å². The molecule has 0 N–H and O–H groups in total. The smallest absolute Gasteiger partial charge is 0.328 e. The first kappa shape index (κ1) is 21.8. The van der Waals surface area contributed by atoms with E-state index in [0.29, 0.717) is 5.52 Å². The molecule has 0 spiro atoms. The molecule has 2 atom stereocenters. The van der Waals surface area contributed by atoms with Gasteiger partial charge in [-0.1, -0.05) is 58.3 Å². The Morgan fingerprint density at radius 2 is 2.00 bits per heavy atom. The number of aromatic nitrogens is 1. The van der Waals surface area contributed by atoms with Crippen LogP contribution in [0.2, 0.25) is 0 Å². The Bertz CT molecular complexity index is 803. The quantitative estimate of drug-likeness (QED) is 0.340. The Morgan fingerprint density at radius 3 is 2.62 bits per heavy atom. The van der Waals surface area contributed by atoms with Crippen molar-refractivity contribution in [2.45, 2.75) is 22.7 Å². The summed E-state index contributed by atoms with van der Waals surface area (Å²) in [6, 6.07) is 7.08. The summed E-state index contributed by atoms with van der Waals surface area (Å²) >= 11 is 24.3. The van der Waals surface area contributed by atoms with Crippen LogP contribution in [0.3, 0.4) is 0 Å². The van der Waals surface area contributed by atoms with Gasteiger partial charge in [-0.25, -0.2) is 0 Å². The number of carbonyl (C=O) groups excluding carboxylic acids is 1. The van der Waals surface area contributed by atoms with Gasteiger partial charge >= 0.3 is 10.8 Å². The van der Waals surface area contributed by atoms with E-state index >= 15 is 0 Å². The number of halogens is 4. The summed E-state index contributed by atoms with van der Waals surface area (Å²) in [4.78, 5) is 24.1. The van der Waals surface area contributed by atoms with Crippen molar-refractivity contribution in [3.63, 3.8) is 0 Å². The second-order valence-electron chi connectivity index (χ2n) is 5.15. The van der Waals surface area contributed by atoms with Gasteiger partial charge in [0.2, 0.25) is 0 Å². The van der Waals surface area contributed by atoms with E-state index in [1.165, 1.54) is 11.7 Å². The van der Waals surface area contributed by atoms with Crippen molar-refractivity contribution in [3.8, 4) is 0 Å². The molecule has 6 nitrogen and oxygen atoms in total. The monoisotopic (exact) mass is 461 g/mol. The van der Waals surface area contributed by atoms with E-state index in [1.54, 1.807) is 24.3 Å². The van der Waals surface area contributed by atoms with Gasteiger partial charge in [-0.3, -0.25) is 14.2 Å². The van der Waals surface area contributed by atoms with Crippen LogP contribution in [0, 0.1) is 0 Å². The first-order valence-corrected chi connectivity index (χ1v) is 9.79. The number of benzene rings is 1. The normalized spacial score (nSPS) is 14.3. The van der Waals surface area contributed by atoms with E-state index in [-0.39, 0.29) is 23.9 Å². The first-order chi connectivity index (χ1) is 12.3. The van der Waals surface area contributed by atoms with Crippen molar-refractivity contribution in [3.05, 3.63) is 33.9 Å². The van der Waals surface area contributed by atoms with Gasteiger partial charge < -0.3 is 14.2 Å². The molecule has 1 heterocycles. The Labute approximate surface area is 173 Å². The number of methoxy groups -OCH3 is 1. The number of rotatable bonds is 8. The van der Waals surface area contributed by atoms with Gasteiger partial charge in [-0.2, -0.15) is 0 Å². The summed E-state index contributed by atoms with van der Waals surface area (Å²) in [5.41, 5.74) is 0.615. The summed E-state index contributed by atoms with van der Waals surface area (Å²) < 4.78 is 15.5. The first-order valence-electron chi connectivity index (χ1n) is 7.31. The average Bonchev–Trinajstić information content (AvgIpc) is 2.88. The third-order valence-corrected chi connectivity index (χ3v) is 5.05. The largest absolute Gasteiger partial charge is 0.430 e. The fraction of sp³-hybridized carbons (Fsp3) is 0.467. The second-order valence-corrected chi connectivity index (χ2v) is 8.82. The standard InChI is InChI=1S/C15H15Cl4NO5S/c1-23-8-9(6-16)24-13(15(17,18)19)25-12(21)7-20-10-4-2-3-5-11(10)26-14(20)22/h2-5,9,13H,6-8H2,1H3/t9-,13-/m0/s1. The lowest BCUT2D eigenvalue weighted by atomic mass is 10.3. The molecule has 0 unspecified atom stereocenters. The number of fused-ring (bicyclic) bond motifs is 1. The lowest BCUT2D eigenvalue weighted by Crippen LogP contribution is -2.40. The highest BCUT2D eigenvalue weighted by atomic mass is 35.6. The highest BCUT2D eigenvalue weighted by molar-refractivity contribution is 7.16. The van der Waals surface area contributed by atoms with Crippen LogP contribution in [-0.4, -0.2) is 46.3 Å². The molecule has 26 heavy (non-hydrogen) atoms. The molecule has 2 rings (SSSR count). The number of alkyl halides is 4. The Hall–Kier alpha value is -0.540. The SMILES string of the molecule is COC[C@H](CCl)O[C@@H](OC(=O)Cn1c(=O)sc2ccccc21)C(Cl)(Cl)Cl. The molecule has 0 aliphatic carbocycles. The Kier molecular flexibility index (Phi) is 8.03. The molecule has 0 bridgehead atoms. The fourth-order valence-electron chi connectivity index (χ4n) is 2.10. The van der Waals surface area contributed by atoms with Gasteiger partial charge in [0, 0.05) is 7.11 Å². The van der Waals surface area contributed by atoms with Crippen LogP contribution in [0.4, 0.5) is 0 Å². The molecule has 1 aromatic heterocycles. The van der Waals surface area contributed by atoms with Crippen LogP contribution in [-0.2, 0) is 25.5 Å².